The molecule has 8 nitrogen and oxygen atoms in total. The van der Waals surface area contributed by atoms with Crippen LogP contribution in [0.3, 0.4) is 0 Å². The molecule has 182 valence electrons. The Kier molecular flexibility index (Phi) is 5.92. The van der Waals surface area contributed by atoms with Crippen LogP contribution in [0.2, 0.25) is 0 Å². The molecule has 0 N–H and O–H groups in total. The molecule has 4 heterocycles. The molecule has 0 amide bonds. The summed E-state index contributed by atoms with van der Waals surface area (Å²) in [5.41, 5.74) is 1.90. The molecule has 0 saturated carbocycles. The van der Waals surface area contributed by atoms with Crippen molar-refractivity contribution in [1.82, 2.24) is 19.3 Å². The summed E-state index contributed by atoms with van der Waals surface area (Å²) >= 11 is 1.77. The third-order valence-electron chi connectivity index (χ3n) is 6.87. The summed E-state index contributed by atoms with van der Waals surface area (Å²) < 4.78 is 34.1. The predicted molar refractivity (Wildman–Crippen MR) is 137 cm³/mol. The van der Waals surface area contributed by atoms with Gasteiger partial charge in [-0.2, -0.15) is 4.31 Å². The number of hydrogen-bond donors (Lipinski definition) is 0. The highest BCUT2D eigenvalue weighted by molar-refractivity contribution is 7.89. The van der Waals surface area contributed by atoms with E-state index in [0.29, 0.717) is 44.1 Å². The van der Waals surface area contributed by atoms with E-state index in [1.165, 1.54) is 23.3 Å². The van der Waals surface area contributed by atoms with E-state index in [9.17, 15) is 8.42 Å². The second-order valence-corrected chi connectivity index (χ2v) is 12.0. The van der Waals surface area contributed by atoms with E-state index in [4.69, 9.17) is 14.7 Å². The molecule has 6 rings (SSSR count). The molecule has 4 aromatic rings. The first kappa shape index (κ1) is 22.8. The molecule has 0 unspecified atom stereocenters. The van der Waals surface area contributed by atoms with Gasteiger partial charge in [0.2, 0.25) is 10.0 Å². The summed E-state index contributed by atoms with van der Waals surface area (Å²) in [6.45, 7) is 2.28. The van der Waals surface area contributed by atoms with Gasteiger partial charge in [0.15, 0.2) is 5.82 Å². The monoisotopic (exact) mass is 509 g/mol. The summed E-state index contributed by atoms with van der Waals surface area (Å²) in [7, 11) is -2.01. The molecule has 1 saturated heterocycles. The summed E-state index contributed by atoms with van der Waals surface area (Å²) in [4.78, 5) is 19.0. The zero-order valence-corrected chi connectivity index (χ0v) is 21.2. The summed E-state index contributed by atoms with van der Waals surface area (Å²) in [6.07, 6.45) is 6.19. The Morgan fingerprint density at radius 1 is 1.03 bits per heavy atom. The third kappa shape index (κ3) is 3.98. The van der Waals surface area contributed by atoms with Crippen molar-refractivity contribution < 1.29 is 13.2 Å². The molecule has 0 atom stereocenters. The zero-order valence-electron chi connectivity index (χ0n) is 19.6. The van der Waals surface area contributed by atoms with Gasteiger partial charge in [-0.3, -0.25) is 4.98 Å². The SMILES string of the molecule is COCc1nc(N2CCN(S(=O)(=O)c3cccc4cccnc34)CC2)c2c3c(sc2n1)CCCC3. The maximum Gasteiger partial charge on any atom is 0.245 e. The van der Waals surface area contributed by atoms with Crippen LogP contribution in [0.4, 0.5) is 5.82 Å². The van der Waals surface area contributed by atoms with Crippen molar-refractivity contribution in [3.8, 4) is 0 Å². The average molecular weight is 510 g/mol. The fourth-order valence-corrected chi connectivity index (χ4v) is 8.03. The Labute approximate surface area is 208 Å². The molecule has 35 heavy (non-hydrogen) atoms. The van der Waals surface area contributed by atoms with Crippen LogP contribution in [0, 0.1) is 0 Å². The minimum Gasteiger partial charge on any atom is -0.377 e. The standard InChI is InChI=1S/C25H27N5O3S2/c1-33-16-21-27-24(22-18-8-2-3-9-19(18)34-25(22)28-21)29-12-14-30(15-13-29)35(31,32)20-10-4-6-17-7-5-11-26-23(17)20/h4-7,10-11H,2-3,8-9,12-16H2,1H3. The number of aromatic nitrogens is 3. The third-order valence-corrected chi connectivity index (χ3v) is 9.98. The molecule has 0 spiro atoms. The average Bonchev–Trinajstić information content (AvgIpc) is 3.26. The van der Waals surface area contributed by atoms with E-state index in [1.54, 1.807) is 41.1 Å². The Balaban J connectivity index is 1.32. The Hall–Kier alpha value is -2.66. The number of sulfonamides is 1. The highest BCUT2D eigenvalue weighted by Crippen LogP contribution is 2.40. The van der Waals surface area contributed by atoms with Crippen molar-refractivity contribution in [1.29, 1.82) is 0 Å². The van der Waals surface area contributed by atoms with Gasteiger partial charge in [0, 0.05) is 49.7 Å². The van der Waals surface area contributed by atoms with Crippen molar-refractivity contribution in [2.45, 2.75) is 37.2 Å². The van der Waals surface area contributed by atoms with Gasteiger partial charge in [0.1, 0.15) is 22.2 Å². The molecule has 2 aliphatic rings. The van der Waals surface area contributed by atoms with Crippen LogP contribution in [-0.4, -0.2) is 61.0 Å². The first-order valence-corrected chi connectivity index (χ1v) is 14.2. The normalized spacial score (nSPS) is 17.2. The van der Waals surface area contributed by atoms with Crippen LogP contribution in [-0.2, 0) is 34.2 Å². The van der Waals surface area contributed by atoms with Gasteiger partial charge in [-0.25, -0.2) is 18.4 Å². The van der Waals surface area contributed by atoms with Crippen LogP contribution in [0.25, 0.3) is 21.1 Å². The first-order chi connectivity index (χ1) is 17.1. The van der Waals surface area contributed by atoms with Crippen molar-refractivity contribution in [2.75, 3.05) is 38.2 Å². The maximum atomic E-state index is 13.6. The van der Waals surface area contributed by atoms with Crippen molar-refractivity contribution >= 4 is 48.3 Å². The van der Waals surface area contributed by atoms with E-state index in [2.05, 4.69) is 9.88 Å². The maximum absolute atomic E-state index is 13.6. The smallest absolute Gasteiger partial charge is 0.245 e. The number of nitrogens with zero attached hydrogens (tertiary/aromatic N) is 5. The largest absolute Gasteiger partial charge is 0.377 e. The van der Waals surface area contributed by atoms with Crippen LogP contribution in [0.15, 0.2) is 41.4 Å². The lowest BCUT2D eigenvalue weighted by Crippen LogP contribution is -2.49. The van der Waals surface area contributed by atoms with Gasteiger partial charge < -0.3 is 9.64 Å². The molecule has 1 fully saturated rings. The lowest BCUT2D eigenvalue weighted by molar-refractivity contribution is 0.178. The Morgan fingerprint density at radius 2 is 1.83 bits per heavy atom. The number of fused-ring (bicyclic) bond motifs is 4. The molecule has 1 aliphatic heterocycles. The number of piperazine rings is 1. The van der Waals surface area contributed by atoms with Crippen LogP contribution < -0.4 is 4.90 Å². The number of methoxy groups -OCH3 is 1. The highest BCUT2D eigenvalue weighted by atomic mass is 32.2. The van der Waals surface area contributed by atoms with Gasteiger partial charge in [-0.05, 0) is 43.4 Å². The number of rotatable bonds is 5. The zero-order chi connectivity index (χ0) is 24.0. The number of para-hydroxylation sites is 1. The minimum atomic E-state index is -3.66. The fraction of sp³-hybridized carbons (Fsp3) is 0.400. The second-order valence-electron chi connectivity index (χ2n) is 9.01. The molecular formula is C25H27N5O3S2. The van der Waals surface area contributed by atoms with E-state index in [-0.39, 0.29) is 4.90 Å². The Morgan fingerprint density at radius 3 is 2.66 bits per heavy atom. The van der Waals surface area contributed by atoms with E-state index >= 15 is 0 Å². The number of ether oxygens (including phenoxy) is 1. The van der Waals surface area contributed by atoms with Crippen LogP contribution in [0.5, 0.6) is 0 Å². The van der Waals surface area contributed by atoms with E-state index < -0.39 is 10.0 Å². The van der Waals surface area contributed by atoms with E-state index in [1.807, 2.05) is 18.2 Å². The van der Waals surface area contributed by atoms with Crippen LogP contribution >= 0.6 is 11.3 Å². The minimum absolute atomic E-state index is 0.266. The Bertz CT molecular complexity index is 1510. The number of thiophene rings is 1. The predicted octanol–water partition coefficient (Wildman–Crippen LogP) is 3.78. The lowest BCUT2D eigenvalue weighted by atomic mass is 9.97. The summed E-state index contributed by atoms with van der Waals surface area (Å²) in [6, 6.07) is 9.03. The topological polar surface area (TPSA) is 88.5 Å². The first-order valence-electron chi connectivity index (χ1n) is 11.9. The molecule has 3 aromatic heterocycles. The molecule has 1 aromatic carbocycles. The number of benzene rings is 1. The van der Waals surface area contributed by atoms with Gasteiger partial charge in [0.25, 0.3) is 0 Å². The molecule has 10 heteroatoms. The van der Waals surface area contributed by atoms with Crippen molar-refractivity contribution in [2.24, 2.45) is 0 Å². The number of aryl methyl sites for hydroxylation is 2. The van der Waals surface area contributed by atoms with Gasteiger partial charge in [-0.15, -0.1) is 11.3 Å². The van der Waals surface area contributed by atoms with Gasteiger partial charge in [-0.1, -0.05) is 18.2 Å². The van der Waals surface area contributed by atoms with E-state index in [0.717, 1.165) is 34.3 Å². The molecule has 1 aliphatic carbocycles. The molecule has 0 bridgehead atoms. The van der Waals surface area contributed by atoms with Gasteiger partial charge in [0.05, 0.1) is 10.9 Å². The molecule has 0 radical (unpaired) electrons. The summed E-state index contributed by atoms with van der Waals surface area (Å²) in [5, 5.41) is 1.97. The van der Waals surface area contributed by atoms with Crippen molar-refractivity contribution in [3.05, 3.63) is 52.8 Å². The summed E-state index contributed by atoms with van der Waals surface area (Å²) in [5.74, 6) is 1.59. The number of pyridine rings is 1. The van der Waals surface area contributed by atoms with Crippen molar-refractivity contribution in [3.63, 3.8) is 0 Å². The molecular weight excluding hydrogens is 482 g/mol. The second kappa shape index (κ2) is 9.09. The number of hydrogen-bond acceptors (Lipinski definition) is 8. The highest BCUT2D eigenvalue weighted by Gasteiger charge is 2.32. The number of anilines is 1. The lowest BCUT2D eigenvalue weighted by Gasteiger charge is -2.35. The van der Waals surface area contributed by atoms with Gasteiger partial charge >= 0.3 is 0 Å². The quantitative estimate of drug-likeness (QED) is 0.405. The van der Waals surface area contributed by atoms with Crippen LogP contribution in [0.1, 0.15) is 29.1 Å². The fourth-order valence-electron chi connectivity index (χ4n) is 5.17.